The molecule has 7 nitrogen and oxygen atoms in total. The van der Waals surface area contributed by atoms with E-state index in [9.17, 15) is 9.59 Å². The number of carbonyl (C=O) groups excluding carboxylic acids is 2. The van der Waals surface area contributed by atoms with Gasteiger partial charge in [0.2, 0.25) is 17.6 Å². The highest BCUT2D eigenvalue weighted by atomic mass is 35.5. The van der Waals surface area contributed by atoms with Gasteiger partial charge in [-0.15, -0.1) is 0 Å². The van der Waals surface area contributed by atoms with E-state index in [0.29, 0.717) is 35.1 Å². The van der Waals surface area contributed by atoms with Gasteiger partial charge in [-0.25, -0.2) is 0 Å². The Morgan fingerprint density at radius 3 is 2.45 bits per heavy atom. The Kier molecular flexibility index (Phi) is 6.97. The van der Waals surface area contributed by atoms with Crippen molar-refractivity contribution >= 4 is 23.4 Å². The van der Waals surface area contributed by atoms with Crippen LogP contribution in [0.25, 0.3) is 11.4 Å². The van der Waals surface area contributed by atoms with Crippen LogP contribution in [0.1, 0.15) is 41.6 Å². The van der Waals surface area contributed by atoms with Crippen LogP contribution in [0, 0.1) is 0 Å². The zero-order valence-corrected chi connectivity index (χ0v) is 16.7. The molecule has 150 valence electrons. The topological polar surface area (TPSA) is 97.1 Å². The molecule has 0 bridgehead atoms. The van der Waals surface area contributed by atoms with E-state index < -0.39 is 0 Å². The number of hydrogen-bond acceptors (Lipinski definition) is 5. The molecule has 2 aromatic carbocycles. The van der Waals surface area contributed by atoms with Crippen LogP contribution in [-0.2, 0) is 17.6 Å². The Labute approximate surface area is 173 Å². The van der Waals surface area contributed by atoms with E-state index in [1.54, 1.807) is 24.3 Å². The summed E-state index contributed by atoms with van der Waals surface area (Å²) in [5.41, 5.74) is 7.26. The molecule has 0 radical (unpaired) electrons. The third-order valence-electron chi connectivity index (χ3n) is 4.30. The predicted octanol–water partition coefficient (Wildman–Crippen LogP) is 3.74. The van der Waals surface area contributed by atoms with Gasteiger partial charge in [0.05, 0.1) is 0 Å². The quantitative estimate of drug-likeness (QED) is 0.576. The first-order valence-electron chi connectivity index (χ1n) is 9.32. The molecule has 0 atom stereocenters. The fraction of sp³-hybridized carbons (Fsp3) is 0.238. The van der Waals surface area contributed by atoms with Gasteiger partial charge in [-0.2, -0.15) is 4.98 Å². The zero-order valence-electron chi connectivity index (χ0n) is 15.9. The van der Waals surface area contributed by atoms with Crippen molar-refractivity contribution in [1.82, 2.24) is 21.0 Å². The molecule has 0 saturated heterocycles. The van der Waals surface area contributed by atoms with Gasteiger partial charge in [-0.3, -0.25) is 20.4 Å². The van der Waals surface area contributed by atoms with E-state index in [1.165, 1.54) is 0 Å². The third kappa shape index (κ3) is 5.89. The van der Waals surface area contributed by atoms with Gasteiger partial charge in [0.25, 0.3) is 5.91 Å². The lowest BCUT2D eigenvalue weighted by molar-refractivity contribution is -0.121. The highest BCUT2D eigenvalue weighted by Gasteiger charge is 2.11. The lowest BCUT2D eigenvalue weighted by Gasteiger charge is -2.07. The van der Waals surface area contributed by atoms with Gasteiger partial charge < -0.3 is 4.52 Å². The molecule has 3 rings (SSSR count). The molecule has 1 heterocycles. The molecule has 2 amide bonds. The van der Waals surface area contributed by atoms with E-state index in [2.05, 4.69) is 21.0 Å². The predicted molar refractivity (Wildman–Crippen MR) is 109 cm³/mol. The van der Waals surface area contributed by atoms with Crippen molar-refractivity contribution in [2.45, 2.75) is 32.6 Å². The molecular formula is C21H21ClN4O3. The van der Waals surface area contributed by atoms with E-state index >= 15 is 0 Å². The minimum Gasteiger partial charge on any atom is -0.339 e. The van der Waals surface area contributed by atoms with Crippen LogP contribution in [-0.4, -0.2) is 22.0 Å². The number of benzene rings is 2. The molecule has 0 unspecified atom stereocenters. The number of nitrogens with one attached hydrogen (secondary N) is 2. The summed E-state index contributed by atoms with van der Waals surface area (Å²) in [6.45, 7) is 2.04. The van der Waals surface area contributed by atoms with Crippen molar-refractivity contribution in [2.24, 2.45) is 0 Å². The molecular weight excluding hydrogens is 392 g/mol. The second kappa shape index (κ2) is 9.84. The molecule has 2 N–H and O–H groups in total. The molecule has 0 aliphatic heterocycles. The number of carbonyl (C=O) groups is 2. The number of aromatic nitrogens is 2. The first-order chi connectivity index (χ1) is 14.0. The summed E-state index contributed by atoms with van der Waals surface area (Å²) in [6, 6.07) is 14.4. The smallest absolute Gasteiger partial charge is 0.269 e. The number of hydrogen-bond donors (Lipinski definition) is 2. The first-order valence-corrected chi connectivity index (χ1v) is 9.69. The van der Waals surface area contributed by atoms with Gasteiger partial charge in [0.1, 0.15) is 0 Å². The van der Waals surface area contributed by atoms with Crippen molar-refractivity contribution in [2.75, 3.05) is 0 Å². The van der Waals surface area contributed by atoms with Crippen molar-refractivity contribution in [3.05, 3.63) is 70.6 Å². The molecule has 0 spiro atoms. The first kappa shape index (κ1) is 20.5. The van der Waals surface area contributed by atoms with Gasteiger partial charge in [-0.05, 0) is 54.8 Å². The second-order valence-corrected chi connectivity index (χ2v) is 6.86. The maximum Gasteiger partial charge on any atom is 0.269 e. The number of rotatable bonds is 7. The fourth-order valence-corrected chi connectivity index (χ4v) is 2.75. The van der Waals surface area contributed by atoms with E-state index in [-0.39, 0.29) is 18.2 Å². The summed E-state index contributed by atoms with van der Waals surface area (Å²) in [6.07, 6.45) is 2.09. The number of aryl methyl sites for hydroxylation is 2. The summed E-state index contributed by atoms with van der Waals surface area (Å²) in [5, 5.41) is 4.57. The van der Waals surface area contributed by atoms with Gasteiger partial charge in [0, 0.05) is 29.0 Å². The van der Waals surface area contributed by atoms with Gasteiger partial charge >= 0.3 is 0 Å². The highest BCUT2D eigenvalue weighted by molar-refractivity contribution is 6.30. The normalized spacial score (nSPS) is 10.6. The average molecular weight is 413 g/mol. The number of hydrazine groups is 1. The van der Waals surface area contributed by atoms with Crippen LogP contribution in [0.2, 0.25) is 5.02 Å². The van der Waals surface area contributed by atoms with Gasteiger partial charge in [0.15, 0.2) is 0 Å². The number of amides is 2. The Morgan fingerprint density at radius 1 is 1.03 bits per heavy atom. The standard InChI is InChI=1S/C21H21ClN4O3/c1-2-14-6-8-16(9-7-14)21(28)25-24-18(27)4-3-5-19-23-20(26-29-19)15-10-12-17(22)13-11-15/h6-13H,2-5H2,1H3,(H,24,27)(H,25,28). The second-order valence-electron chi connectivity index (χ2n) is 6.42. The molecule has 0 fully saturated rings. The van der Waals surface area contributed by atoms with Crippen molar-refractivity contribution in [3.8, 4) is 11.4 Å². The van der Waals surface area contributed by atoms with Crippen LogP contribution in [0.5, 0.6) is 0 Å². The Balaban J connectivity index is 1.40. The molecule has 8 heteroatoms. The number of nitrogens with zero attached hydrogens (tertiary/aromatic N) is 2. The molecule has 1 aromatic heterocycles. The van der Waals surface area contributed by atoms with Crippen molar-refractivity contribution in [3.63, 3.8) is 0 Å². The Hall–Kier alpha value is -3.19. The van der Waals surface area contributed by atoms with Crippen LogP contribution in [0.3, 0.4) is 0 Å². The number of halogens is 1. The van der Waals surface area contributed by atoms with Crippen molar-refractivity contribution in [1.29, 1.82) is 0 Å². The largest absolute Gasteiger partial charge is 0.339 e. The van der Waals surface area contributed by atoms with Crippen LogP contribution in [0.15, 0.2) is 53.1 Å². The van der Waals surface area contributed by atoms with Crippen LogP contribution < -0.4 is 10.9 Å². The van der Waals surface area contributed by atoms with E-state index in [1.807, 2.05) is 31.2 Å². The lowest BCUT2D eigenvalue weighted by atomic mass is 10.1. The molecule has 29 heavy (non-hydrogen) atoms. The molecule has 0 aliphatic rings. The van der Waals surface area contributed by atoms with Crippen LogP contribution >= 0.6 is 11.6 Å². The van der Waals surface area contributed by atoms with Gasteiger partial charge in [-0.1, -0.05) is 35.8 Å². The molecule has 0 aliphatic carbocycles. The molecule has 0 saturated carbocycles. The van der Waals surface area contributed by atoms with E-state index in [4.69, 9.17) is 16.1 Å². The summed E-state index contributed by atoms with van der Waals surface area (Å²) in [7, 11) is 0. The highest BCUT2D eigenvalue weighted by Crippen LogP contribution is 2.19. The average Bonchev–Trinajstić information content (AvgIpc) is 3.21. The summed E-state index contributed by atoms with van der Waals surface area (Å²) < 4.78 is 5.21. The maximum atomic E-state index is 12.0. The SMILES string of the molecule is CCc1ccc(C(=O)NNC(=O)CCCc2nc(-c3ccc(Cl)cc3)no2)cc1. The minimum atomic E-state index is -0.356. The maximum absolute atomic E-state index is 12.0. The lowest BCUT2D eigenvalue weighted by Crippen LogP contribution is -2.41. The Morgan fingerprint density at radius 2 is 1.76 bits per heavy atom. The Bertz CT molecular complexity index is 968. The monoisotopic (exact) mass is 412 g/mol. The van der Waals surface area contributed by atoms with E-state index in [0.717, 1.165) is 17.5 Å². The summed E-state index contributed by atoms with van der Waals surface area (Å²) in [4.78, 5) is 28.3. The summed E-state index contributed by atoms with van der Waals surface area (Å²) in [5.74, 6) is 0.275. The van der Waals surface area contributed by atoms with Crippen LogP contribution in [0.4, 0.5) is 0 Å². The molecule has 3 aromatic rings. The summed E-state index contributed by atoms with van der Waals surface area (Å²) >= 11 is 5.87. The minimum absolute atomic E-state index is 0.216. The van der Waals surface area contributed by atoms with Crippen molar-refractivity contribution < 1.29 is 14.1 Å². The fourth-order valence-electron chi connectivity index (χ4n) is 2.63. The zero-order chi connectivity index (χ0) is 20.6. The third-order valence-corrected chi connectivity index (χ3v) is 4.56.